The molecule has 1 N–H and O–H groups in total. The second-order valence-electron chi connectivity index (χ2n) is 5.48. The predicted molar refractivity (Wildman–Crippen MR) is 87.3 cm³/mol. The fourth-order valence-corrected chi connectivity index (χ4v) is 3.70. The summed E-state index contributed by atoms with van der Waals surface area (Å²) in [6.07, 6.45) is 2.27. The first-order valence-electron chi connectivity index (χ1n) is 6.52. The summed E-state index contributed by atoms with van der Waals surface area (Å²) in [6, 6.07) is 4.69. The van der Waals surface area contributed by atoms with Crippen molar-refractivity contribution in [2.75, 3.05) is 12.3 Å². The maximum absolute atomic E-state index is 5.99. The molecular formula is C14H24ClNS2. The maximum atomic E-state index is 5.99. The summed E-state index contributed by atoms with van der Waals surface area (Å²) in [7, 11) is 0. The molecule has 1 heterocycles. The Hall–Kier alpha value is 0.300. The minimum atomic E-state index is 0.333. The number of hydrogen-bond acceptors (Lipinski definition) is 3. The standard InChI is InChI=1S/C14H24ClNS2/c1-5-8-16-11(10-17-14(2,3)4)9-12-6-7-13(15)18-12/h6-7,11,16H,5,8-10H2,1-4H3. The SMILES string of the molecule is CCCNC(CSC(C)(C)C)Cc1ccc(Cl)s1. The van der Waals surface area contributed by atoms with E-state index in [0.29, 0.717) is 10.8 Å². The van der Waals surface area contributed by atoms with Crippen LogP contribution in [0.5, 0.6) is 0 Å². The highest BCUT2D eigenvalue weighted by Crippen LogP contribution is 2.27. The quantitative estimate of drug-likeness (QED) is 0.773. The molecule has 0 aromatic carbocycles. The van der Waals surface area contributed by atoms with Crippen molar-refractivity contribution in [3.8, 4) is 0 Å². The molecule has 18 heavy (non-hydrogen) atoms. The molecule has 0 amide bonds. The van der Waals surface area contributed by atoms with E-state index in [-0.39, 0.29) is 0 Å². The van der Waals surface area contributed by atoms with E-state index in [2.05, 4.69) is 39.1 Å². The van der Waals surface area contributed by atoms with Crippen LogP contribution in [0.25, 0.3) is 0 Å². The smallest absolute Gasteiger partial charge is 0.0931 e. The highest BCUT2D eigenvalue weighted by Gasteiger charge is 2.16. The van der Waals surface area contributed by atoms with Gasteiger partial charge in [-0.1, -0.05) is 39.3 Å². The topological polar surface area (TPSA) is 12.0 Å². The molecule has 0 spiro atoms. The summed E-state index contributed by atoms with van der Waals surface area (Å²) in [5.41, 5.74) is 0. The van der Waals surface area contributed by atoms with Gasteiger partial charge in [-0.2, -0.15) is 11.8 Å². The lowest BCUT2D eigenvalue weighted by molar-refractivity contribution is 0.551. The van der Waals surface area contributed by atoms with Crippen molar-refractivity contribution in [2.24, 2.45) is 0 Å². The van der Waals surface area contributed by atoms with Crippen LogP contribution in [-0.4, -0.2) is 23.1 Å². The van der Waals surface area contributed by atoms with Crippen molar-refractivity contribution >= 4 is 34.7 Å². The average molecular weight is 306 g/mol. The molecule has 1 aromatic heterocycles. The molecule has 1 unspecified atom stereocenters. The van der Waals surface area contributed by atoms with Gasteiger partial charge in [0.1, 0.15) is 0 Å². The number of thiophene rings is 1. The summed E-state index contributed by atoms with van der Waals surface area (Å²) in [5.74, 6) is 1.15. The largest absolute Gasteiger partial charge is 0.313 e. The van der Waals surface area contributed by atoms with Gasteiger partial charge in [0.25, 0.3) is 0 Å². The Balaban J connectivity index is 2.49. The fraction of sp³-hybridized carbons (Fsp3) is 0.714. The molecule has 104 valence electrons. The van der Waals surface area contributed by atoms with Crippen molar-refractivity contribution in [1.29, 1.82) is 0 Å². The first-order valence-corrected chi connectivity index (χ1v) is 8.70. The minimum absolute atomic E-state index is 0.333. The van der Waals surface area contributed by atoms with Crippen LogP contribution in [0.3, 0.4) is 0 Å². The summed E-state index contributed by atoms with van der Waals surface area (Å²) < 4.78 is 1.22. The van der Waals surface area contributed by atoms with Crippen molar-refractivity contribution in [3.05, 3.63) is 21.3 Å². The molecule has 0 saturated carbocycles. The molecule has 4 heteroatoms. The molecule has 0 bridgehead atoms. The zero-order valence-electron chi connectivity index (χ0n) is 11.8. The van der Waals surface area contributed by atoms with Gasteiger partial charge in [0, 0.05) is 21.4 Å². The van der Waals surface area contributed by atoms with Gasteiger partial charge >= 0.3 is 0 Å². The van der Waals surface area contributed by atoms with Crippen LogP contribution in [0.4, 0.5) is 0 Å². The second kappa shape index (κ2) is 7.78. The van der Waals surface area contributed by atoms with Crippen LogP contribution in [0, 0.1) is 0 Å². The number of rotatable bonds is 7. The zero-order valence-corrected chi connectivity index (χ0v) is 14.1. The van der Waals surface area contributed by atoms with Gasteiger partial charge in [0.2, 0.25) is 0 Å². The zero-order chi connectivity index (χ0) is 13.6. The molecule has 0 aliphatic heterocycles. The van der Waals surface area contributed by atoms with Crippen LogP contribution in [0.15, 0.2) is 12.1 Å². The molecule has 1 nitrogen and oxygen atoms in total. The third kappa shape index (κ3) is 7.03. The minimum Gasteiger partial charge on any atom is -0.313 e. The average Bonchev–Trinajstić information content (AvgIpc) is 2.67. The summed E-state index contributed by atoms with van der Waals surface area (Å²) >= 11 is 9.72. The van der Waals surface area contributed by atoms with Gasteiger partial charge in [-0.25, -0.2) is 0 Å². The van der Waals surface area contributed by atoms with E-state index in [1.54, 1.807) is 11.3 Å². The lowest BCUT2D eigenvalue weighted by Crippen LogP contribution is -2.35. The second-order valence-corrected chi connectivity index (χ2v) is 9.13. The van der Waals surface area contributed by atoms with Crippen LogP contribution in [-0.2, 0) is 6.42 Å². The molecule has 1 atom stereocenters. The van der Waals surface area contributed by atoms with Crippen LogP contribution >= 0.6 is 34.7 Å². The van der Waals surface area contributed by atoms with E-state index in [4.69, 9.17) is 11.6 Å². The highest BCUT2D eigenvalue weighted by atomic mass is 35.5. The van der Waals surface area contributed by atoms with Gasteiger partial charge in [0.15, 0.2) is 0 Å². The Labute approximate surface area is 125 Å². The maximum Gasteiger partial charge on any atom is 0.0931 e. The van der Waals surface area contributed by atoms with Crippen molar-refractivity contribution in [1.82, 2.24) is 5.32 Å². The Morgan fingerprint density at radius 1 is 1.39 bits per heavy atom. The van der Waals surface area contributed by atoms with E-state index < -0.39 is 0 Å². The van der Waals surface area contributed by atoms with E-state index in [9.17, 15) is 0 Å². The van der Waals surface area contributed by atoms with Gasteiger partial charge in [-0.3, -0.25) is 0 Å². The number of halogens is 1. The Morgan fingerprint density at radius 2 is 2.11 bits per heavy atom. The first kappa shape index (κ1) is 16.4. The molecule has 0 aliphatic rings. The van der Waals surface area contributed by atoms with Crippen LogP contribution in [0.2, 0.25) is 4.34 Å². The molecule has 1 aromatic rings. The Bertz CT molecular complexity index is 344. The molecule has 0 saturated heterocycles. The third-order valence-electron chi connectivity index (χ3n) is 2.48. The predicted octanol–water partition coefficient (Wildman–Crippen LogP) is 4.84. The number of thioether (sulfide) groups is 1. The Kier molecular flexibility index (Phi) is 7.07. The van der Waals surface area contributed by atoms with E-state index in [1.165, 1.54) is 11.3 Å². The normalized spacial score (nSPS) is 13.8. The molecule has 1 rings (SSSR count). The molecule has 0 radical (unpaired) electrons. The van der Waals surface area contributed by atoms with Gasteiger partial charge < -0.3 is 5.32 Å². The monoisotopic (exact) mass is 305 g/mol. The van der Waals surface area contributed by atoms with Gasteiger partial charge in [0.05, 0.1) is 4.34 Å². The van der Waals surface area contributed by atoms with Crippen molar-refractivity contribution in [2.45, 2.75) is 51.3 Å². The van der Waals surface area contributed by atoms with Crippen molar-refractivity contribution in [3.63, 3.8) is 0 Å². The highest BCUT2D eigenvalue weighted by molar-refractivity contribution is 8.00. The lowest BCUT2D eigenvalue weighted by atomic mass is 10.2. The Morgan fingerprint density at radius 3 is 2.61 bits per heavy atom. The summed E-state index contributed by atoms with van der Waals surface area (Å²) in [5, 5.41) is 3.64. The van der Waals surface area contributed by atoms with E-state index >= 15 is 0 Å². The van der Waals surface area contributed by atoms with Gasteiger partial charge in [-0.15, -0.1) is 11.3 Å². The van der Waals surface area contributed by atoms with E-state index in [0.717, 1.165) is 23.1 Å². The van der Waals surface area contributed by atoms with Crippen molar-refractivity contribution < 1.29 is 0 Å². The summed E-state index contributed by atoms with van der Waals surface area (Å²) in [4.78, 5) is 1.38. The van der Waals surface area contributed by atoms with E-state index in [1.807, 2.05) is 17.8 Å². The fourth-order valence-electron chi connectivity index (χ4n) is 1.59. The number of hydrogen-bond donors (Lipinski definition) is 1. The molecule has 0 aliphatic carbocycles. The summed E-state index contributed by atoms with van der Waals surface area (Å²) in [6.45, 7) is 10.1. The molecular weight excluding hydrogens is 282 g/mol. The lowest BCUT2D eigenvalue weighted by Gasteiger charge is -2.23. The number of nitrogens with one attached hydrogen (secondary N) is 1. The third-order valence-corrected chi connectivity index (χ3v) is 5.17. The van der Waals surface area contributed by atoms with Crippen LogP contribution in [0.1, 0.15) is 39.0 Å². The van der Waals surface area contributed by atoms with Gasteiger partial charge in [-0.05, 0) is 31.5 Å². The first-order chi connectivity index (χ1) is 8.40. The molecule has 0 fully saturated rings. The van der Waals surface area contributed by atoms with Crippen LogP contribution < -0.4 is 5.32 Å².